The Bertz CT molecular complexity index is 683. The topological polar surface area (TPSA) is 39.2 Å². The number of alkyl halides is 1. The Morgan fingerprint density at radius 2 is 1.85 bits per heavy atom. The number of fused-ring (bicyclic) bond motifs is 1. The van der Waals surface area contributed by atoms with Gasteiger partial charge in [-0.3, -0.25) is 4.98 Å². The quantitative estimate of drug-likeness (QED) is 0.624. The van der Waals surface area contributed by atoms with Gasteiger partial charge in [-0.1, -0.05) is 13.8 Å². The Morgan fingerprint density at radius 3 is 2.41 bits per heavy atom. The number of rotatable bonds is 4. The summed E-state index contributed by atoms with van der Waals surface area (Å²) in [4.78, 5) is 14.8. The summed E-state index contributed by atoms with van der Waals surface area (Å²) in [6.45, 7) is 6.78. The standard InChI is InChI=1S/C17H17F2NO.C3H8O.C2H6/c18-13-5-6-17-15(9-13)14(7-8-20-17)11-1-3-12(4-2-11)16(19)10-21;1-3-4-2;1-2/h5-12,16H,1-4H2;3H2,1-2H3;1-2H3. The first-order valence-corrected chi connectivity index (χ1v) is 9.73. The highest BCUT2D eigenvalue weighted by molar-refractivity contribution is 5.82. The van der Waals surface area contributed by atoms with Crippen molar-refractivity contribution in [2.75, 3.05) is 13.7 Å². The third kappa shape index (κ3) is 6.65. The van der Waals surface area contributed by atoms with Crippen molar-refractivity contribution in [3.05, 3.63) is 41.8 Å². The van der Waals surface area contributed by atoms with E-state index in [1.54, 1.807) is 19.4 Å². The first-order chi connectivity index (χ1) is 13.1. The van der Waals surface area contributed by atoms with Crippen LogP contribution >= 0.6 is 0 Å². The normalized spacial score (nSPS) is 19.9. The zero-order chi connectivity index (χ0) is 20.2. The number of hydrogen-bond donors (Lipinski definition) is 0. The van der Waals surface area contributed by atoms with Crippen LogP contribution in [0.2, 0.25) is 0 Å². The maximum Gasteiger partial charge on any atom is 0.158 e. The molecule has 5 heteroatoms. The summed E-state index contributed by atoms with van der Waals surface area (Å²) in [5.41, 5.74) is 1.87. The fraction of sp³-hybridized carbons (Fsp3) is 0.545. The number of aldehydes is 1. The summed E-state index contributed by atoms with van der Waals surface area (Å²) < 4.78 is 31.4. The van der Waals surface area contributed by atoms with Crippen LogP contribution in [-0.4, -0.2) is 31.2 Å². The van der Waals surface area contributed by atoms with E-state index in [1.807, 2.05) is 26.8 Å². The van der Waals surface area contributed by atoms with Crippen LogP contribution in [0.1, 0.15) is 57.9 Å². The number of aromatic nitrogens is 1. The predicted molar refractivity (Wildman–Crippen MR) is 106 cm³/mol. The lowest BCUT2D eigenvalue weighted by Crippen LogP contribution is -2.23. The van der Waals surface area contributed by atoms with Gasteiger partial charge in [-0.05, 0) is 74.3 Å². The molecule has 1 unspecified atom stereocenters. The van der Waals surface area contributed by atoms with Crippen molar-refractivity contribution >= 4 is 17.2 Å². The minimum atomic E-state index is -1.35. The number of halogens is 2. The molecule has 0 N–H and O–H groups in total. The predicted octanol–water partition coefficient (Wildman–Crippen LogP) is 5.86. The minimum absolute atomic E-state index is 0.163. The van der Waals surface area contributed by atoms with Gasteiger partial charge in [-0.2, -0.15) is 0 Å². The van der Waals surface area contributed by atoms with Gasteiger partial charge in [-0.15, -0.1) is 0 Å². The van der Waals surface area contributed by atoms with Gasteiger partial charge in [0.05, 0.1) is 5.52 Å². The average molecular weight is 379 g/mol. The van der Waals surface area contributed by atoms with Gasteiger partial charge >= 0.3 is 0 Å². The van der Waals surface area contributed by atoms with Crippen LogP contribution in [0.4, 0.5) is 8.78 Å². The number of carbonyl (C=O) groups is 1. The number of ether oxygens (including phenoxy) is 1. The number of hydrogen-bond acceptors (Lipinski definition) is 3. The zero-order valence-electron chi connectivity index (χ0n) is 16.8. The summed E-state index contributed by atoms with van der Waals surface area (Å²) in [5, 5.41) is 0.841. The second kappa shape index (κ2) is 12.5. The molecule has 0 bridgehead atoms. The summed E-state index contributed by atoms with van der Waals surface area (Å²) in [5.74, 6) is -0.147. The SMILES string of the molecule is CC.CCOC.O=CC(F)C1CCC(c2ccnc3ccc(F)cc23)CC1. The highest BCUT2D eigenvalue weighted by Gasteiger charge is 2.28. The maximum absolute atomic E-state index is 13.5. The first kappa shape index (κ1) is 23.2. The third-order valence-corrected chi connectivity index (χ3v) is 4.82. The maximum atomic E-state index is 13.5. The molecule has 1 aromatic carbocycles. The number of benzene rings is 1. The monoisotopic (exact) mass is 379 g/mol. The van der Waals surface area contributed by atoms with E-state index in [9.17, 15) is 13.6 Å². The van der Waals surface area contributed by atoms with E-state index in [1.165, 1.54) is 12.1 Å². The van der Waals surface area contributed by atoms with Gasteiger partial charge in [-0.25, -0.2) is 8.78 Å². The van der Waals surface area contributed by atoms with Crippen LogP contribution in [0.3, 0.4) is 0 Å². The second-order valence-corrected chi connectivity index (χ2v) is 6.33. The molecule has 0 amide bonds. The van der Waals surface area contributed by atoms with Gasteiger partial charge in [0, 0.05) is 25.3 Å². The van der Waals surface area contributed by atoms with E-state index in [-0.39, 0.29) is 17.7 Å². The third-order valence-electron chi connectivity index (χ3n) is 4.82. The number of pyridine rings is 1. The van der Waals surface area contributed by atoms with Gasteiger partial charge in [0.25, 0.3) is 0 Å². The van der Waals surface area contributed by atoms with Crippen molar-refractivity contribution in [2.24, 2.45) is 5.92 Å². The molecule has 150 valence electrons. The molecular weight excluding hydrogens is 348 g/mol. The fourth-order valence-corrected chi connectivity index (χ4v) is 3.36. The van der Waals surface area contributed by atoms with E-state index in [0.29, 0.717) is 19.1 Å². The summed E-state index contributed by atoms with van der Waals surface area (Å²) in [6.07, 6.45) is 3.85. The number of nitrogens with zero attached hydrogens (tertiary/aromatic N) is 1. The molecule has 1 aromatic heterocycles. The van der Waals surface area contributed by atoms with Crippen LogP contribution in [0.15, 0.2) is 30.5 Å². The van der Waals surface area contributed by atoms with E-state index >= 15 is 0 Å². The van der Waals surface area contributed by atoms with Crippen molar-refractivity contribution in [3.63, 3.8) is 0 Å². The van der Waals surface area contributed by atoms with Crippen molar-refractivity contribution in [3.8, 4) is 0 Å². The van der Waals surface area contributed by atoms with Gasteiger partial charge in [0.1, 0.15) is 5.82 Å². The molecule has 2 aromatic rings. The molecule has 1 aliphatic carbocycles. The Hall–Kier alpha value is -1.88. The van der Waals surface area contributed by atoms with Crippen molar-refractivity contribution in [1.29, 1.82) is 0 Å². The molecule has 1 saturated carbocycles. The van der Waals surface area contributed by atoms with Gasteiger partial charge in [0.2, 0.25) is 0 Å². The number of carbonyl (C=O) groups excluding carboxylic acids is 1. The molecule has 1 aliphatic rings. The lowest BCUT2D eigenvalue weighted by atomic mass is 9.76. The number of methoxy groups -OCH3 is 1. The highest BCUT2D eigenvalue weighted by atomic mass is 19.1. The van der Waals surface area contributed by atoms with Crippen LogP contribution < -0.4 is 0 Å². The van der Waals surface area contributed by atoms with Crippen LogP contribution in [0.25, 0.3) is 10.9 Å². The Balaban J connectivity index is 0.000000541. The van der Waals surface area contributed by atoms with E-state index < -0.39 is 6.17 Å². The lowest BCUT2D eigenvalue weighted by Gasteiger charge is -2.29. The molecule has 1 fully saturated rings. The van der Waals surface area contributed by atoms with Gasteiger partial charge < -0.3 is 9.53 Å². The van der Waals surface area contributed by atoms with Crippen molar-refractivity contribution < 1.29 is 18.3 Å². The fourth-order valence-electron chi connectivity index (χ4n) is 3.36. The molecule has 1 heterocycles. The molecule has 0 saturated heterocycles. The molecule has 3 rings (SSSR count). The van der Waals surface area contributed by atoms with E-state index in [0.717, 1.165) is 35.9 Å². The van der Waals surface area contributed by atoms with Crippen molar-refractivity contribution in [1.82, 2.24) is 4.98 Å². The smallest absolute Gasteiger partial charge is 0.158 e. The summed E-state index contributed by atoms with van der Waals surface area (Å²) in [6, 6.07) is 6.55. The molecular formula is C22H31F2NO2. The Labute approximate surface area is 161 Å². The molecule has 0 spiro atoms. The minimum Gasteiger partial charge on any atom is -0.385 e. The molecule has 3 nitrogen and oxygen atoms in total. The summed E-state index contributed by atoms with van der Waals surface area (Å²) in [7, 11) is 1.68. The molecule has 0 radical (unpaired) electrons. The highest BCUT2D eigenvalue weighted by Crippen LogP contribution is 2.39. The van der Waals surface area contributed by atoms with Crippen LogP contribution in [0.5, 0.6) is 0 Å². The van der Waals surface area contributed by atoms with Gasteiger partial charge in [0.15, 0.2) is 12.5 Å². The Kier molecular flexibility index (Phi) is 10.7. The van der Waals surface area contributed by atoms with E-state index in [4.69, 9.17) is 0 Å². The first-order valence-electron chi connectivity index (χ1n) is 9.73. The molecule has 1 atom stereocenters. The average Bonchev–Trinajstić information content (AvgIpc) is 2.74. The van der Waals surface area contributed by atoms with Crippen LogP contribution in [0, 0.1) is 11.7 Å². The molecule has 27 heavy (non-hydrogen) atoms. The second-order valence-electron chi connectivity index (χ2n) is 6.33. The molecule has 0 aliphatic heterocycles. The zero-order valence-corrected chi connectivity index (χ0v) is 16.8. The largest absolute Gasteiger partial charge is 0.385 e. The van der Waals surface area contributed by atoms with Crippen LogP contribution in [-0.2, 0) is 9.53 Å². The van der Waals surface area contributed by atoms with E-state index in [2.05, 4.69) is 9.72 Å². The summed E-state index contributed by atoms with van der Waals surface area (Å²) >= 11 is 0. The Morgan fingerprint density at radius 1 is 1.22 bits per heavy atom. The van der Waals surface area contributed by atoms with Crippen molar-refractivity contribution in [2.45, 2.75) is 58.5 Å². The lowest BCUT2D eigenvalue weighted by molar-refractivity contribution is -0.114.